The first-order valence-corrected chi connectivity index (χ1v) is 8.19. The van der Waals surface area contributed by atoms with Crippen LogP contribution in [0.2, 0.25) is 0 Å². The summed E-state index contributed by atoms with van der Waals surface area (Å²) in [6.07, 6.45) is 6.28. The van der Waals surface area contributed by atoms with E-state index < -0.39 is 6.04 Å². The number of carbonyl (C=O) groups excluding carboxylic acids is 2. The lowest BCUT2D eigenvalue weighted by Crippen LogP contribution is -2.44. The molecule has 0 amide bonds. The Hall–Kier alpha value is -1.10. The Morgan fingerprint density at radius 1 is 1.19 bits per heavy atom. The Morgan fingerprint density at radius 3 is 2.43 bits per heavy atom. The van der Waals surface area contributed by atoms with Crippen molar-refractivity contribution in [3.63, 3.8) is 0 Å². The largest absolute Gasteiger partial charge is 0.465 e. The molecule has 5 heteroatoms. The highest BCUT2D eigenvalue weighted by molar-refractivity contribution is 5.82. The third-order valence-electron chi connectivity index (χ3n) is 3.89. The fourth-order valence-electron chi connectivity index (χ4n) is 2.50. The molecular formula is C16H29NO4. The average molecular weight is 299 g/mol. The third-order valence-corrected chi connectivity index (χ3v) is 3.89. The van der Waals surface area contributed by atoms with Gasteiger partial charge in [0.2, 0.25) is 0 Å². The minimum atomic E-state index is -0.615. The van der Waals surface area contributed by atoms with Crippen molar-refractivity contribution in [3.05, 3.63) is 0 Å². The summed E-state index contributed by atoms with van der Waals surface area (Å²) in [6, 6.07) is -0.460. The van der Waals surface area contributed by atoms with Crippen LogP contribution in [0.25, 0.3) is 0 Å². The monoisotopic (exact) mass is 299 g/mol. The zero-order valence-corrected chi connectivity index (χ0v) is 13.5. The number of hydrogen-bond acceptors (Lipinski definition) is 5. The number of ether oxygens (including phenoxy) is 2. The molecule has 0 aromatic carbocycles. The minimum absolute atomic E-state index is 0.0256. The molecule has 122 valence electrons. The second-order valence-electron chi connectivity index (χ2n) is 5.73. The molecule has 0 spiro atoms. The van der Waals surface area contributed by atoms with E-state index in [1.807, 2.05) is 13.8 Å². The van der Waals surface area contributed by atoms with Crippen LogP contribution in [0.4, 0.5) is 0 Å². The van der Waals surface area contributed by atoms with Crippen LogP contribution in [-0.2, 0) is 19.1 Å². The molecule has 0 heterocycles. The van der Waals surface area contributed by atoms with Crippen molar-refractivity contribution in [1.29, 1.82) is 0 Å². The molecule has 2 atom stereocenters. The van der Waals surface area contributed by atoms with Gasteiger partial charge in [-0.15, -0.1) is 0 Å². The van der Waals surface area contributed by atoms with Crippen molar-refractivity contribution < 1.29 is 19.1 Å². The van der Waals surface area contributed by atoms with Gasteiger partial charge in [-0.25, -0.2) is 0 Å². The highest BCUT2D eigenvalue weighted by Gasteiger charge is 2.26. The molecule has 1 N–H and O–H groups in total. The lowest BCUT2D eigenvalue weighted by Gasteiger charge is -2.24. The molecule has 0 aliphatic heterocycles. The van der Waals surface area contributed by atoms with Crippen molar-refractivity contribution in [3.8, 4) is 0 Å². The molecule has 2 unspecified atom stereocenters. The Labute approximate surface area is 127 Å². The number of rotatable bonds is 8. The first kappa shape index (κ1) is 18.0. The van der Waals surface area contributed by atoms with Crippen molar-refractivity contribution >= 4 is 11.9 Å². The van der Waals surface area contributed by atoms with Crippen LogP contribution in [0.3, 0.4) is 0 Å². The zero-order chi connectivity index (χ0) is 15.7. The maximum absolute atomic E-state index is 12.0. The van der Waals surface area contributed by atoms with E-state index in [1.165, 1.54) is 6.42 Å². The summed E-state index contributed by atoms with van der Waals surface area (Å²) >= 11 is 0. The van der Waals surface area contributed by atoms with Crippen LogP contribution < -0.4 is 5.32 Å². The van der Waals surface area contributed by atoms with Gasteiger partial charge in [-0.05, 0) is 46.0 Å². The molecule has 0 aromatic heterocycles. The first-order chi connectivity index (χ1) is 10.1. The van der Waals surface area contributed by atoms with E-state index in [0.717, 1.165) is 32.1 Å². The summed E-state index contributed by atoms with van der Waals surface area (Å²) in [5, 5.41) is 3.14. The second kappa shape index (κ2) is 9.77. The average Bonchev–Trinajstić information content (AvgIpc) is 2.47. The van der Waals surface area contributed by atoms with Gasteiger partial charge in [0.15, 0.2) is 0 Å². The van der Waals surface area contributed by atoms with Crippen LogP contribution in [0.15, 0.2) is 0 Å². The van der Waals surface area contributed by atoms with Crippen LogP contribution in [0.1, 0.15) is 65.7 Å². The van der Waals surface area contributed by atoms with E-state index >= 15 is 0 Å². The highest BCUT2D eigenvalue weighted by atomic mass is 16.5. The predicted octanol–water partition coefficient (Wildman–Crippen LogP) is 2.57. The summed E-state index contributed by atoms with van der Waals surface area (Å²) in [7, 11) is 0. The molecule has 0 radical (unpaired) electrons. The molecule has 1 aliphatic carbocycles. The van der Waals surface area contributed by atoms with Gasteiger partial charge >= 0.3 is 11.9 Å². The number of carbonyl (C=O) groups is 2. The molecule has 0 saturated heterocycles. The molecule has 1 aliphatic rings. The normalized spacial score (nSPS) is 18.8. The van der Waals surface area contributed by atoms with Gasteiger partial charge < -0.3 is 14.8 Å². The smallest absolute Gasteiger partial charge is 0.323 e. The Bertz CT molecular complexity index is 326. The van der Waals surface area contributed by atoms with Crippen molar-refractivity contribution in [2.75, 3.05) is 6.61 Å². The molecule has 1 rings (SSSR count). The fraction of sp³-hybridized carbons (Fsp3) is 0.875. The summed E-state index contributed by atoms with van der Waals surface area (Å²) < 4.78 is 10.5. The van der Waals surface area contributed by atoms with Gasteiger partial charge in [-0.3, -0.25) is 9.59 Å². The van der Waals surface area contributed by atoms with Gasteiger partial charge in [-0.2, -0.15) is 0 Å². The van der Waals surface area contributed by atoms with Gasteiger partial charge in [0, 0.05) is 6.04 Å². The predicted molar refractivity (Wildman–Crippen MR) is 80.9 cm³/mol. The maximum Gasteiger partial charge on any atom is 0.323 e. The summed E-state index contributed by atoms with van der Waals surface area (Å²) in [4.78, 5) is 24.0. The molecule has 1 fully saturated rings. The summed E-state index contributed by atoms with van der Waals surface area (Å²) in [5.74, 6) is -0.686. The van der Waals surface area contributed by atoms with E-state index in [2.05, 4.69) is 5.32 Å². The van der Waals surface area contributed by atoms with Gasteiger partial charge in [0.05, 0.1) is 13.0 Å². The first-order valence-electron chi connectivity index (χ1n) is 8.19. The standard InChI is InChI=1S/C16H29NO4/c1-4-12(3)17-14(16(19)20-5-2)11-15(18)21-13-9-7-6-8-10-13/h12-14,17H,4-11H2,1-3H3. The minimum Gasteiger partial charge on any atom is -0.465 e. The van der Waals surface area contributed by atoms with Crippen LogP contribution in [0.5, 0.6) is 0 Å². The van der Waals surface area contributed by atoms with Crippen LogP contribution >= 0.6 is 0 Å². The number of hydrogen-bond donors (Lipinski definition) is 1. The second-order valence-corrected chi connectivity index (χ2v) is 5.73. The Morgan fingerprint density at radius 2 is 1.86 bits per heavy atom. The lowest BCUT2D eigenvalue weighted by molar-refractivity contribution is -0.156. The SMILES string of the molecule is CCOC(=O)C(CC(=O)OC1CCCCC1)NC(C)CC. The quantitative estimate of drug-likeness (QED) is 0.698. The Balaban J connectivity index is 2.49. The number of nitrogens with one attached hydrogen (secondary N) is 1. The van der Waals surface area contributed by atoms with E-state index in [-0.39, 0.29) is 30.5 Å². The molecule has 0 bridgehead atoms. The van der Waals surface area contributed by atoms with Crippen molar-refractivity contribution in [1.82, 2.24) is 5.32 Å². The molecule has 0 aromatic rings. The maximum atomic E-state index is 12.0. The third kappa shape index (κ3) is 6.93. The lowest BCUT2D eigenvalue weighted by atomic mass is 9.98. The van der Waals surface area contributed by atoms with Gasteiger partial charge in [0.1, 0.15) is 12.1 Å². The van der Waals surface area contributed by atoms with Crippen molar-refractivity contribution in [2.24, 2.45) is 0 Å². The van der Waals surface area contributed by atoms with Gasteiger partial charge in [-0.1, -0.05) is 13.3 Å². The van der Waals surface area contributed by atoms with Crippen LogP contribution in [0, 0.1) is 0 Å². The molecule has 5 nitrogen and oxygen atoms in total. The highest BCUT2D eigenvalue weighted by Crippen LogP contribution is 2.21. The van der Waals surface area contributed by atoms with E-state index in [4.69, 9.17) is 9.47 Å². The molecule has 21 heavy (non-hydrogen) atoms. The van der Waals surface area contributed by atoms with Crippen LogP contribution in [-0.4, -0.2) is 36.7 Å². The summed E-state index contributed by atoms with van der Waals surface area (Å²) in [6.45, 7) is 6.09. The van der Waals surface area contributed by atoms with E-state index in [1.54, 1.807) is 6.92 Å². The summed E-state index contributed by atoms with van der Waals surface area (Å²) in [5.41, 5.74) is 0. The molecular weight excluding hydrogens is 270 g/mol. The Kier molecular flexibility index (Phi) is 8.35. The molecule has 1 saturated carbocycles. The van der Waals surface area contributed by atoms with Gasteiger partial charge in [0.25, 0.3) is 0 Å². The van der Waals surface area contributed by atoms with E-state index in [9.17, 15) is 9.59 Å². The fourth-order valence-corrected chi connectivity index (χ4v) is 2.50. The number of esters is 2. The zero-order valence-electron chi connectivity index (χ0n) is 13.5. The van der Waals surface area contributed by atoms with E-state index in [0.29, 0.717) is 6.61 Å². The van der Waals surface area contributed by atoms with Crippen molar-refractivity contribution in [2.45, 2.75) is 83.9 Å². The topological polar surface area (TPSA) is 64.6 Å².